The lowest BCUT2D eigenvalue weighted by atomic mass is 10.0. The van der Waals surface area contributed by atoms with E-state index in [-0.39, 0.29) is 6.10 Å². The second-order valence-electron chi connectivity index (χ2n) is 5.92. The third-order valence-corrected chi connectivity index (χ3v) is 4.11. The van der Waals surface area contributed by atoms with E-state index >= 15 is 0 Å². The quantitative estimate of drug-likeness (QED) is 0.790. The van der Waals surface area contributed by atoms with E-state index < -0.39 is 0 Å². The number of benzene rings is 1. The summed E-state index contributed by atoms with van der Waals surface area (Å²) in [6.45, 7) is 12.1. The highest BCUT2D eigenvalue weighted by Gasteiger charge is 2.13. The molecule has 1 aliphatic rings. The lowest BCUT2D eigenvalue weighted by Gasteiger charge is -2.19. The van der Waals surface area contributed by atoms with E-state index in [0.717, 1.165) is 34.6 Å². The smallest absolute Gasteiger partial charge is 0.123 e. The third-order valence-electron chi connectivity index (χ3n) is 4.11. The molecule has 1 unspecified atom stereocenters. The van der Waals surface area contributed by atoms with E-state index in [2.05, 4.69) is 38.7 Å². The van der Waals surface area contributed by atoms with Crippen molar-refractivity contribution in [3.63, 3.8) is 0 Å². The zero-order chi connectivity index (χ0) is 16.3. The summed E-state index contributed by atoms with van der Waals surface area (Å²) in [6, 6.07) is 3.98. The average Bonchev–Trinajstić information content (AvgIpc) is 2.66. The molecule has 0 heterocycles. The molecular formula is C20H25NO. The Balaban J connectivity index is 2.27. The zero-order valence-corrected chi connectivity index (χ0v) is 13.9. The molecule has 2 rings (SSSR count). The highest BCUT2D eigenvalue weighted by Crippen LogP contribution is 2.28. The van der Waals surface area contributed by atoms with E-state index in [4.69, 9.17) is 10.5 Å². The molecule has 0 spiro atoms. The Morgan fingerprint density at radius 1 is 1.23 bits per heavy atom. The molecule has 116 valence electrons. The predicted molar refractivity (Wildman–Crippen MR) is 95.2 cm³/mol. The van der Waals surface area contributed by atoms with Crippen LogP contribution in [-0.4, -0.2) is 6.10 Å². The van der Waals surface area contributed by atoms with E-state index in [0.29, 0.717) is 0 Å². The lowest BCUT2D eigenvalue weighted by molar-refractivity contribution is 0.259. The average molecular weight is 295 g/mol. The lowest BCUT2D eigenvalue weighted by Crippen LogP contribution is -2.15. The molecule has 0 saturated heterocycles. The molecule has 0 saturated carbocycles. The van der Waals surface area contributed by atoms with Gasteiger partial charge in [0.1, 0.15) is 11.9 Å². The topological polar surface area (TPSA) is 35.2 Å². The maximum Gasteiger partial charge on any atom is 0.123 e. The molecule has 0 bridgehead atoms. The maximum absolute atomic E-state index is 6.17. The molecule has 2 heteroatoms. The molecular weight excluding hydrogens is 270 g/mol. The number of allylic oxidation sites excluding steroid dienone is 5. The van der Waals surface area contributed by atoms with E-state index in [9.17, 15) is 0 Å². The van der Waals surface area contributed by atoms with Crippen LogP contribution in [0.5, 0.6) is 5.75 Å². The van der Waals surface area contributed by atoms with Gasteiger partial charge in [0.2, 0.25) is 0 Å². The van der Waals surface area contributed by atoms with Crippen molar-refractivity contribution in [3.8, 4) is 5.75 Å². The van der Waals surface area contributed by atoms with Gasteiger partial charge in [-0.15, -0.1) is 0 Å². The first kappa shape index (κ1) is 16.2. The van der Waals surface area contributed by atoms with Crippen molar-refractivity contribution >= 4 is 5.69 Å². The number of hydrogen-bond donors (Lipinski definition) is 1. The SMILES string of the molecule is C=CC1=C(C)CC=CC(C(C)Oc2cc(C)c(N)cc2C)=C1. The number of nitrogens with two attached hydrogens (primary N) is 1. The number of aryl methyl sites for hydroxylation is 2. The molecule has 1 aromatic rings. The maximum atomic E-state index is 6.17. The van der Waals surface area contributed by atoms with Gasteiger partial charge in [-0.25, -0.2) is 0 Å². The first-order valence-corrected chi connectivity index (χ1v) is 7.66. The van der Waals surface area contributed by atoms with Crippen molar-refractivity contribution in [1.82, 2.24) is 0 Å². The van der Waals surface area contributed by atoms with Crippen LogP contribution in [0, 0.1) is 13.8 Å². The molecule has 22 heavy (non-hydrogen) atoms. The van der Waals surface area contributed by atoms with Crippen LogP contribution in [-0.2, 0) is 0 Å². The Morgan fingerprint density at radius 3 is 2.64 bits per heavy atom. The minimum atomic E-state index is -0.0289. The van der Waals surface area contributed by atoms with Crippen LogP contribution >= 0.6 is 0 Å². The minimum absolute atomic E-state index is 0.0289. The normalized spacial score (nSPS) is 16.1. The molecule has 1 aromatic carbocycles. The summed E-state index contributed by atoms with van der Waals surface area (Å²) in [4.78, 5) is 0. The standard InChI is InChI=1S/C20H25NO/c1-6-17-12-18(9-7-8-13(17)2)16(5)22-20-11-14(3)19(21)10-15(20)4/h6-7,9-12,16H,1,8,21H2,2-5H3. The number of hydrogen-bond acceptors (Lipinski definition) is 2. The van der Waals surface area contributed by atoms with Crippen LogP contribution in [0.3, 0.4) is 0 Å². The molecule has 2 N–H and O–H groups in total. The van der Waals surface area contributed by atoms with Gasteiger partial charge in [-0.05, 0) is 74.6 Å². The number of rotatable bonds is 4. The van der Waals surface area contributed by atoms with Gasteiger partial charge in [0.25, 0.3) is 0 Å². The van der Waals surface area contributed by atoms with Crippen molar-refractivity contribution in [2.75, 3.05) is 5.73 Å². The van der Waals surface area contributed by atoms with Gasteiger partial charge in [0.05, 0.1) is 0 Å². The predicted octanol–water partition coefficient (Wildman–Crippen LogP) is 5.04. The Kier molecular flexibility index (Phi) is 4.92. The van der Waals surface area contributed by atoms with Gasteiger partial charge in [-0.1, -0.05) is 30.4 Å². The highest BCUT2D eigenvalue weighted by molar-refractivity contribution is 5.54. The molecule has 2 nitrogen and oxygen atoms in total. The number of anilines is 1. The van der Waals surface area contributed by atoms with E-state index in [1.807, 2.05) is 32.1 Å². The molecule has 1 aliphatic carbocycles. The second-order valence-corrected chi connectivity index (χ2v) is 5.92. The Bertz CT molecular complexity index is 677. The van der Waals surface area contributed by atoms with Gasteiger partial charge >= 0.3 is 0 Å². The van der Waals surface area contributed by atoms with E-state index in [1.165, 1.54) is 11.1 Å². The van der Waals surface area contributed by atoms with Crippen LogP contribution < -0.4 is 10.5 Å². The van der Waals surface area contributed by atoms with Crippen LogP contribution in [0.4, 0.5) is 5.69 Å². The second kappa shape index (κ2) is 6.69. The molecule has 0 radical (unpaired) electrons. The Morgan fingerprint density at radius 2 is 1.95 bits per heavy atom. The van der Waals surface area contributed by atoms with Gasteiger partial charge in [0, 0.05) is 5.69 Å². The molecule has 1 atom stereocenters. The fourth-order valence-electron chi connectivity index (χ4n) is 2.52. The molecule has 0 fully saturated rings. The van der Waals surface area contributed by atoms with Crippen molar-refractivity contribution < 1.29 is 4.74 Å². The number of nitrogen functional groups attached to an aromatic ring is 1. The van der Waals surface area contributed by atoms with Crippen molar-refractivity contribution in [3.05, 3.63) is 70.9 Å². The van der Waals surface area contributed by atoms with Crippen molar-refractivity contribution in [1.29, 1.82) is 0 Å². The van der Waals surface area contributed by atoms with E-state index in [1.54, 1.807) is 0 Å². The van der Waals surface area contributed by atoms with Crippen molar-refractivity contribution in [2.24, 2.45) is 0 Å². The minimum Gasteiger partial charge on any atom is -0.486 e. The summed E-state index contributed by atoms with van der Waals surface area (Å²) in [7, 11) is 0. The van der Waals surface area contributed by atoms with Crippen LogP contribution in [0.1, 0.15) is 31.4 Å². The summed E-state index contributed by atoms with van der Waals surface area (Å²) in [6.07, 6.45) is 9.32. The Hall–Kier alpha value is -2.22. The summed E-state index contributed by atoms with van der Waals surface area (Å²) in [5.74, 6) is 0.888. The van der Waals surface area contributed by atoms with Gasteiger partial charge < -0.3 is 10.5 Å². The largest absolute Gasteiger partial charge is 0.486 e. The molecule has 0 aliphatic heterocycles. The van der Waals surface area contributed by atoms with Crippen LogP contribution in [0.2, 0.25) is 0 Å². The van der Waals surface area contributed by atoms with Gasteiger partial charge in [0.15, 0.2) is 0 Å². The number of ether oxygens (including phenoxy) is 1. The van der Waals surface area contributed by atoms with Crippen molar-refractivity contribution in [2.45, 2.75) is 40.2 Å². The molecule has 0 aromatic heterocycles. The molecule has 0 amide bonds. The summed E-state index contributed by atoms with van der Waals surface area (Å²) < 4.78 is 6.17. The monoisotopic (exact) mass is 295 g/mol. The summed E-state index contributed by atoms with van der Waals surface area (Å²) in [5, 5.41) is 0. The Labute approximate surface area is 133 Å². The third kappa shape index (κ3) is 3.51. The zero-order valence-electron chi connectivity index (χ0n) is 13.9. The first-order chi connectivity index (χ1) is 10.4. The first-order valence-electron chi connectivity index (χ1n) is 7.66. The van der Waals surface area contributed by atoms with Gasteiger partial charge in [-0.2, -0.15) is 0 Å². The summed E-state index contributed by atoms with van der Waals surface area (Å²) >= 11 is 0. The summed E-state index contributed by atoms with van der Waals surface area (Å²) in [5.41, 5.74) is 12.5. The van der Waals surface area contributed by atoms with Gasteiger partial charge in [-0.3, -0.25) is 0 Å². The van der Waals surface area contributed by atoms with Crippen LogP contribution in [0.15, 0.2) is 59.7 Å². The fourth-order valence-corrected chi connectivity index (χ4v) is 2.52. The fraction of sp³-hybridized carbons (Fsp3) is 0.300. The highest BCUT2D eigenvalue weighted by atomic mass is 16.5. The van der Waals surface area contributed by atoms with Crippen LogP contribution in [0.25, 0.3) is 0 Å².